The molecule has 1 fully saturated rings. The van der Waals surface area contributed by atoms with Gasteiger partial charge in [0.15, 0.2) is 0 Å². The zero-order valence-corrected chi connectivity index (χ0v) is 30.2. The highest BCUT2D eigenvalue weighted by Gasteiger charge is 2.52. The van der Waals surface area contributed by atoms with Crippen LogP contribution in [-0.4, -0.2) is 27.9 Å². The zero-order chi connectivity index (χ0) is 33.6. The molecular formula is C41H51BN2O2. The molecule has 3 aromatic carbocycles. The SMILES string of the molecule is CC(C)(C)c1cccc(-c2cc(B3OC(C)(C)C(C)(C)O3)nc(-n3c4ccc(C(C)(C)C)cc4c4cc(C(C)(C)C)ccc43)c2)c1. The van der Waals surface area contributed by atoms with Gasteiger partial charge in [-0.1, -0.05) is 98.7 Å². The summed E-state index contributed by atoms with van der Waals surface area (Å²) in [6, 6.07) is 27.1. The maximum atomic E-state index is 6.58. The molecule has 0 spiro atoms. The molecule has 0 saturated carbocycles. The van der Waals surface area contributed by atoms with Gasteiger partial charge >= 0.3 is 7.12 Å². The van der Waals surface area contributed by atoms with Crippen molar-refractivity contribution in [1.82, 2.24) is 9.55 Å². The lowest BCUT2D eigenvalue weighted by molar-refractivity contribution is 0.00578. The Hall–Kier alpha value is -3.41. The number of fused-ring (bicyclic) bond motifs is 3. The van der Waals surface area contributed by atoms with Gasteiger partial charge in [-0.25, -0.2) is 4.98 Å². The summed E-state index contributed by atoms with van der Waals surface area (Å²) in [7, 11) is -0.581. The van der Waals surface area contributed by atoms with Crippen LogP contribution in [0.25, 0.3) is 38.8 Å². The van der Waals surface area contributed by atoms with E-state index in [1.807, 2.05) is 0 Å². The van der Waals surface area contributed by atoms with Crippen molar-refractivity contribution in [3.63, 3.8) is 0 Å². The molecule has 1 aliphatic heterocycles. The molecule has 2 aromatic heterocycles. The minimum absolute atomic E-state index is 0.0305. The van der Waals surface area contributed by atoms with Gasteiger partial charge in [-0.05, 0) is 108 Å². The second-order valence-corrected chi connectivity index (χ2v) is 17.4. The molecular weight excluding hydrogens is 563 g/mol. The van der Waals surface area contributed by atoms with Crippen LogP contribution in [-0.2, 0) is 25.6 Å². The van der Waals surface area contributed by atoms with E-state index >= 15 is 0 Å². The molecule has 0 atom stereocenters. The van der Waals surface area contributed by atoms with Crippen molar-refractivity contribution in [2.75, 3.05) is 0 Å². The standard InChI is InChI=1S/C41H51BN2O2/c1-37(2,3)28-16-14-15-26(21-28)27-22-35(42-45-40(10,11)41(12,13)46-42)43-36(23-27)44-33-19-17-29(38(4,5)6)24-31(33)32-25-30(39(7,8)9)18-20-34(32)44/h14-25H,1-13H3. The topological polar surface area (TPSA) is 36.3 Å². The van der Waals surface area contributed by atoms with E-state index in [-0.39, 0.29) is 16.2 Å². The third-order valence-electron chi connectivity index (χ3n) is 10.1. The van der Waals surface area contributed by atoms with E-state index in [9.17, 15) is 0 Å². The van der Waals surface area contributed by atoms with Crippen LogP contribution in [0, 0.1) is 0 Å². The molecule has 0 amide bonds. The molecule has 0 N–H and O–H groups in total. The van der Waals surface area contributed by atoms with Gasteiger partial charge in [0.2, 0.25) is 0 Å². The average Bonchev–Trinajstić information content (AvgIpc) is 3.39. The van der Waals surface area contributed by atoms with Crippen molar-refractivity contribution < 1.29 is 9.31 Å². The predicted octanol–water partition coefficient (Wildman–Crippen LogP) is 10.0. The van der Waals surface area contributed by atoms with E-state index in [0.717, 1.165) is 33.6 Å². The monoisotopic (exact) mass is 614 g/mol. The average molecular weight is 615 g/mol. The van der Waals surface area contributed by atoms with E-state index < -0.39 is 18.3 Å². The third kappa shape index (κ3) is 5.71. The second kappa shape index (κ2) is 10.6. The molecule has 0 bridgehead atoms. The Labute approximate surface area is 276 Å². The lowest BCUT2D eigenvalue weighted by Gasteiger charge is -2.32. The predicted molar refractivity (Wildman–Crippen MR) is 196 cm³/mol. The van der Waals surface area contributed by atoms with Gasteiger partial charge in [0, 0.05) is 10.8 Å². The highest BCUT2D eigenvalue weighted by Crippen LogP contribution is 2.39. The van der Waals surface area contributed by atoms with Crippen molar-refractivity contribution in [2.45, 2.75) is 117 Å². The van der Waals surface area contributed by atoms with Crippen LogP contribution < -0.4 is 5.59 Å². The summed E-state index contributed by atoms with van der Waals surface area (Å²) < 4.78 is 15.5. The third-order valence-corrected chi connectivity index (χ3v) is 10.1. The summed E-state index contributed by atoms with van der Waals surface area (Å²) in [4.78, 5) is 5.34. The maximum Gasteiger partial charge on any atom is 0.514 e. The zero-order valence-electron chi connectivity index (χ0n) is 30.2. The van der Waals surface area contributed by atoms with Gasteiger partial charge in [0.05, 0.1) is 27.8 Å². The summed E-state index contributed by atoms with van der Waals surface area (Å²) >= 11 is 0. The molecule has 5 heteroatoms. The van der Waals surface area contributed by atoms with Gasteiger partial charge < -0.3 is 9.31 Å². The van der Waals surface area contributed by atoms with E-state index in [4.69, 9.17) is 14.3 Å². The van der Waals surface area contributed by atoms with Crippen molar-refractivity contribution in [3.8, 4) is 16.9 Å². The van der Waals surface area contributed by atoms with E-state index in [1.165, 1.54) is 27.5 Å². The van der Waals surface area contributed by atoms with Gasteiger partial charge in [-0.3, -0.25) is 4.57 Å². The number of nitrogens with zero attached hydrogens (tertiary/aromatic N) is 2. The first kappa shape index (κ1) is 32.5. The highest BCUT2D eigenvalue weighted by molar-refractivity contribution is 6.61. The summed E-state index contributed by atoms with van der Waals surface area (Å²) in [5.41, 5.74) is 8.39. The Bertz CT molecular complexity index is 1870. The lowest BCUT2D eigenvalue weighted by atomic mass is 9.82. The van der Waals surface area contributed by atoms with E-state index in [2.05, 4.69) is 167 Å². The Morgan fingerprint density at radius 2 is 1.04 bits per heavy atom. The summed E-state index contributed by atoms with van der Waals surface area (Å²) in [6.07, 6.45) is 0. The van der Waals surface area contributed by atoms with Crippen LogP contribution in [0.3, 0.4) is 0 Å². The molecule has 6 rings (SSSR count). The Morgan fingerprint density at radius 1 is 0.565 bits per heavy atom. The Balaban J connectivity index is 1.66. The van der Waals surface area contributed by atoms with Gasteiger partial charge in [0.1, 0.15) is 5.82 Å². The molecule has 0 unspecified atom stereocenters. The molecule has 1 saturated heterocycles. The molecule has 5 aromatic rings. The van der Waals surface area contributed by atoms with Crippen LogP contribution in [0.15, 0.2) is 72.8 Å². The van der Waals surface area contributed by atoms with Gasteiger partial charge in [-0.2, -0.15) is 0 Å². The summed E-state index contributed by atoms with van der Waals surface area (Å²) in [6.45, 7) is 28.8. The smallest absolute Gasteiger partial charge is 0.398 e. The Kier molecular flexibility index (Phi) is 7.46. The van der Waals surface area contributed by atoms with Crippen LogP contribution in [0.2, 0.25) is 0 Å². The summed E-state index contributed by atoms with van der Waals surface area (Å²) in [5.74, 6) is 0.857. The van der Waals surface area contributed by atoms with Crippen LogP contribution in [0.4, 0.5) is 0 Å². The first-order chi connectivity index (χ1) is 21.2. The minimum Gasteiger partial charge on any atom is -0.398 e. The fourth-order valence-corrected chi connectivity index (χ4v) is 6.27. The molecule has 240 valence electrons. The molecule has 4 nitrogen and oxygen atoms in total. The molecule has 0 radical (unpaired) electrons. The molecule has 1 aliphatic rings. The normalized spacial score (nSPS) is 16.9. The number of hydrogen-bond donors (Lipinski definition) is 0. The second-order valence-electron chi connectivity index (χ2n) is 17.4. The fourth-order valence-electron chi connectivity index (χ4n) is 6.27. The highest BCUT2D eigenvalue weighted by atomic mass is 16.7. The van der Waals surface area contributed by atoms with Crippen LogP contribution in [0.5, 0.6) is 0 Å². The van der Waals surface area contributed by atoms with E-state index in [0.29, 0.717) is 0 Å². The fraction of sp³-hybridized carbons (Fsp3) is 0.439. The number of pyridine rings is 1. The molecule has 3 heterocycles. The Morgan fingerprint density at radius 3 is 1.52 bits per heavy atom. The minimum atomic E-state index is -0.581. The number of hydrogen-bond acceptors (Lipinski definition) is 3. The molecule has 0 aliphatic carbocycles. The molecule has 46 heavy (non-hydrogen) atoms. The lowest BCUT2D eigenvalue weighted by Crippen LogP contribution is -2.41. The van der Waals surface area contributed by atoms with Gasteiger partial charge in [0.25, 0.3) is 0 Å². The largest absolute Gasteiger partial charge is 0.514 e. The van der Waals surface area contributed by atoms with Crippen molar-refractivity contribution in [1.29, 1.82) is 0 Å². The first-order valence-corrected chi connectivity index (χ1v) is 16.7. The number of benzene rings is 3. The van der Waals surface area contributed by atoms with Gasteiger partial charge in [-0.15, -0.1) is 0 Å². The first-order valence-electron chi connectivity index (χ1n) is 16.7. The number of rotatable bonds is 3. The number of aromatic nitrogens is 2. The quantitative estimate of drug-likeness (QED) is 0.190. The van der Waals surface area contributed by atoms with Crippen LogP contribution in [0.1, 0.15) is 107 Å². The van der Waals surface area contributed by atoms with Crippen molar-refractivity contribution >= 4 is 34.5 Å². The summed E-state index contributed by atoms with van der Waals surface area (Å²) in [5, 5.41) is 2.49. The van der Waals surface area contributed by atoms with Crippen molar-refractivity contribution in [3.05, 3.63) is 89.5 Å². The maximum absolute atomic E-state index is 6.58. The van der Waals surface area contributed by atoms with E-state index in [1.54, 1.807) is 0 Å². The van der Waals surface area contributed by atoms with Crippen LogP contribution >= 0.6 is 0 Å². The van der Waals surface area contributed by atoms with Crippen molar-refractivity contribution in [2.24, 2.45) is 0 Å².